The van der Waals surface area contributed by atoms with Gasteiger partial charge in [-0.2, -0.15) is 0 Å². The van der Waals surface area contributed by atoms with Crippen molar-refractivity contribution in [1.29, 1.82) is 0 Å². The van der Waals surface area contributed by atoms with E-state index in [1.807, 2.05) is 0 Å². The van der Waals surface area contributed by atoms with Crippen LogP contribution in [0.15, 0.2) is 12.7 Å². The molecule has 6 heteroatoms. The van der Waals surface area contributed by atoms with E-state index in [1.54, 1.807) is 11.6 Å². The predicted molar refractivity (Wildman–Crippen MR) is 66.3 cm³/mol. The van der Waals surface area contributed by atoms with Crippen LogP contribution in [0, 0.1) is 6.92 Å². The molecule has 0 N–H and O–H groups in total. The van der Waals surface area contributed by atoms with Crippen LogP contribution in [0.5, 0.6) is 0 Å². The first-order chi connectivity index (χ1) is 8.70. The smallest absolute Gasteiger partial charge is 0.361 e. The van der Waals surface area contributed by atoms with E-state index in [9.17, 15) is 4.79 Å². The van der Waals surface area contributed by atoms with Gasteiger partial charge in [0.05, 0.1) is 18.8 Å². The Labute approximate surface area is 107 Å². The van der Waals surface area contributed by atoms with Gasteiger partial charge in [-0.1, -0.05) is 24.8 Å². The van der Waals surface area contributed by atoms with Gasteiger partial charge in [0.25, 0.3) is 0 Å². The van der Waals surface area contributed by atoms with E-state index in [-0.39, 0.29) is 12.3 Å². The van der Waals surface area contributed by atoms with Crippen LogP contribution in [0.3, 0.4) is 0 Å². The molecule has 100 valence electrons. The van der Waals surface area contributed by atoms with E-state index in [2.05, 4.69) is 23.8 Å². The molecule has 0 fully saturated rings. The van der Waals surface area contributed by atoms with Gasteiger partial charge in [-0.3, -0.25) is 0 Å². The zero-order chi connectivity index (χ0) is 13.4. The van der Waals surface area contributed by atoms with Gasteiger partial charge in [-0.15, -0.1) is 5.10 Å². The summed E-state index contributed by atoms with van der Waals surface area (Å²) in [5, 5.41) is 7.72. The van der Waals surface area contributed by atoms with Gasteiger partial charge in [-0.25, -0.2) is 9.48 Å². The van der Waals surface area contributed by atoms with Gasteiger partial charge in [0.2, 0.25) is 0 Å². The number of carbonyl (C=O) groups excluding carboxylic acids is 1. The summed E-state index contributed by atoms with van der Waals surface area (Å²) in [6.07, 6.45) is 2.49. The molecule has 0 aliphatic carbocycles. The van der Waals surface area contributed by atoms with Gasteiger partial charge in [0.1, 0.15) is 6.61 Å². The highest BCUT2D eigenvalue weighted by Crippen LogP contribution is 2.05. The highest BCUT2D eigenvalue weighted by atomic mass is 16.5. The normalized spacial score (nSPS) is 10.3. The highest BCUT2D eigenvalue weighted by Gasteiger charge is 2.17. The fourth-order valence-corrected chi connectivity index (χ4v) is 1.36. The van der Waals surface area contributed by atoms with Crippen molar-refractivity contribution in [2.24, 2.45) is 0 Å². The fourth-order valence-electron chi connectivity index (χ4n) is 1.36. The first-order valence-electron chi connectivity index (χ1n) is 5.96. The van der Waals surface area contributed by atoms with Crippen molar-refractivity contribution < 1.29 is 14.3 Å². The molecule has 0 spiro atoms. The average molecular weight is 253 g/mol. The molecule has 6 nitrogen and oxygen atoms in total. The molecule has 1 aromatic heterocycles. The number of carbonyl (C=O) groups is 1. The Morgan fingerprint density at radius 1 is 1.50 bits per heavy atom. The second-order valence-corrected chi connectivity index (χ2v) is 3.75. The zero-order valence-electron chi connectivity index (χ0n) is 10.9. The van der Waals surface area contributed by atoms with Gasteiger partial charge in [0.15, 0.2) is 5.69 Å². The number of rotatable bonds is 8. The standard InChI is InChI=1S/C12H19N3O3/c1-4-7-17-9-6-15-10(3)11(13-14-15)12(16)18-8-5-2/h5H,2,4,6-9H2,1,3H3. The van der Waals surface area contributed by atoms with E-state index in [0.717, 1.165) is 13.0 Å². The number of nitrogens with zero attached hydrogens (tertiary/aromatic N) is 3. The van der Waals surface area contributed by atoms with Crippen LogP contribution in [0.25, 0.3) is 0 Å². The molecule has 0 unspecified atom stereocenters. The lowest BCUT2D eigenvalue weighted by Crippen LogP contribution is -2.11. The number of hydrogen-bond acceptors (Lipinski definition) is 5. The number of aromatic nitrogens is 3. The second-order valence-electron chi connectivity index (χ2n) is 3.75. The summed E-state index contributed by atoms with van der Waals surface area (Å²) in [7, 11) is 0. The molecule has 0 aromatic carbocycles. The van der Waals surface area contributed by atoms with Crippen LogP contribution >= 0.6 is 0 Å². The van der Waals surface area contributed by atoms with Gasteiger partial charge in [-0.05, 0) is 13.3 Å². The van der Waals surface area contributed by atoms with Crippen molar-refractivity contribution in [1.82, 2.24) is 15.0 Å². The maximum atomic E-state index is 11.6. The van der Waals surface area contributed by atoms with Gasteiger partial charge in [0, 0.05) is 6.61 Å². The lowest BCUT2D eigenvalue weighted by molar-refractivity contribution is 0.0541. The third-order valence-corrected chi connectivity index (χ3v) is 2.30. The number of esters is 1. The Morgan fingerprint density at radius 3 is 2.94 bits per heavy atom. The number of ether oxygens (including phenoxy) is 2. The molecule has 0 saturated carbocycles. The molecular weight excluding hydrogens is 234 g/mol. The quantitative estimate of drug-likeness (QED) is 0.397. The van der Waals surface area contributed by atoms with Crippen molar-refractivity contribution in [3.05, 3.63) is 24.0 Å². The summed E-state index contributed by atoms with van der Waals surface area (Å²) >= 11 is 0. The summed E-state index contributed by atoms with van der Waals surface area (Å²) in [5.41, 5.74) is 0.927. The monoisotopic (exact) mass is 253 g/mol. The molecule has 0 bridgehead atoms. The van der Waals surface area contributed by atoms with Crippen molar-refractivity contribution >= 4 is 5.97 Å². The molecule has 0 saturated heterocycles. The first-order valence-corrected chi connectivity index (χ1v) is 5.96. The van der Waals surface area contributed by atoms with Crippen LogP contribution in [-0.2, 0) is 16.0 Å². The Balaban J connectivity index is 2.54. The predicted octanol–water partition coefficient (Wildman–Crippen LogP) is 1.36. The van der Waals surface area contributed by atoms with Crippen LogP contribution in [-0.4, -0.2) is 40.8 Å². The molecule has 0 amide bonds. The molecule has 0 atom stereocenters. The highest BCUT2D eigenvalue weighted by molar-refractivity contribution is 5.88. The Kier molecular flexibility index (Phi) is 6.07. The fraction of sp³-hybridized carbons (Fsp3) is 0.583. The SMILES string of the molecule is C=CCOC(=O)c1nnn(CCOCCC)c1C. The van der Waals surface area contributed by atoms with Gasteiger partial charge >= 0.3 is 5.97 Å². The minimum Gasteiger partial charge on any atom is -0.457 e. The molecule has 1 rings (SSSR count). The Bertz CT molecular complexity index is 401. The van der Waals surface area contributed by atoms with E-state index >= 15 is 0 Å². The van der Waals surface area contributed by atoms with Crippen molar-refractivity contribution in [3.63, 3.8) is 0 Å². The minimum atomic E-state index is -0.479. The Hall–Kier alpha value is -1.69. The molecule has 1 heterocycles. The summed E-state index contributed by atoms with van der Waals surface area (Å²) in [5.74, 6) is -0.479. The zero-order valence-corrected chi connectivity index (χ0v) is 10.9. The summed E-state index contributed by atoms with van der Waals surface area (Å²) in [6, 6.07) is 0. The first kappa shape index (κ1) is 14.4. The van der Waals surface area contributed by atoms with E-state index in [1.165, 1.54) is 6.08 Å². The minimum absolute atomic E-state index is 0.171. The summed E-state index contributed by atoms with van der Waals surface area (Å²) < 4.78 is 11.9. The third-order valence-electron chi connectivity index (χ3n) is 2.30. The maximum Gasteiger partial charge on any atom is 0.361 e. The average Bonchev–Trinajstić information content (AvgIpc) is 2.73. The van der Waals surface area contributed by atoms with Crippen LogP contribution in [0.1, 0.15) is 29.5 Å². The third kappa shape index (κ3) is 3.96. The van der Waals surface area contributed by atoms with Crippen LogP contribution < -0.4 is 0 Å². The second kappa shape index (κ2) is 7.60. The largest absolute Gasteiger partial charge is 0.457 e. The van der Waals surface area contributed by atoms with Crippen LogP contribution in [0.2, 0.25) is 0 Å². The molecule has 0 aliphatic heterocycles. The van der Waals surface area contributed by atoms with Crippen LogP contribution in [0.4, 0.5) is 0 Å². The molecule has 1 aromatic rings. The van der Waals surface area contributed by atoms with Crippen molar-refractivity contribution in [2.75, 3.05) is 19.8 Å². The Morgan fingerprint density at radius 2 is 2.28 bits per heavy atom. The van der Waals surface area contributed by atoms with Gasteiger partial charge < -0.3 is 9.47 Å². The molecule has 18 heavy (non-hydrogen) atoms. The lowest BCUT2D eigenvalue weighted by Gasteiger charge is -2.04. The maximum absolute atomic E-state index is 11.6. The summed E-state index contributed by atoms with van der Waals surface area (Å²) in [4.78, 5) is 11.6. The number of hydrogen-bond donors (Lipinski definition) is 0. The van der Waals surface area contributed by atoms with Crippen molar-refractivity contribution in [3.8, 4) is 0 Å². The molecule has 0 aliphatic rings. The van der Waals surface area contributed by atoms with E-state index in [0.29, 0.717) is 18.8 Å². The molecular formula is C12H19N3O3. The topological polar surface area (TPSA) is 66.2 Å². The van der Waals surface area contributed by atoms with E-state index < -0.39 is 5.97 Å². The lowest BCUT2D eigenvalue weighted by atomic mass is 10.3. The summed E-state index contributed by atoms with van der Waals surface area (Å²) in [6.45, 7) is 9.34. The molecule has 0 radical (unpaired) electrons. The van der Waals surface area contributed by atoms with E-state index in [4.69, 9.17) is 9.47 Å². The van der Waals surface area contributed by atoms with Crippen molar-refractivity contribution in [2.45, 2.75) is 26.8 Å².